The molecule has 0 aliphatic carbocycles. The van der Waals surface area contributed by atoms with Gasteiger partial charge in [-0.15, -0.1) is 5.10 Å². The molecule has 2 rings (SSSR count). The first-order valence-corrected chi connectivity index (χ1v) is 10.1. The van der Waals surface area contributed by atoms with E-state index in [0.29, 0.717) is 6.54 Å². The number of sulfonamides is 1. The maximum atomic E-state index is 12.5. The highest BCUT2D eigenvalue weighted by atomic mass is 32.2. The lowest BCUT2D eigenvalue weighted by Crippen LogP contribution is -2.14. The highest BCUT2D eigenvalue weighted by Gasteiger charge is 2.16. The second-order valence-corrected chi connectivity index (χ2v) is 7.52. The molecule has 0 bridgehead atoms. The van der Waals surface area contributed by atoms with E-state index in [1.807, 2.05) is 13.0 Å². The molecule has 1 N–H and O–H groups in total. The number of hydrogen-bond donors (Lipinski definition) is 1. The van der Waals surface area contributed by atoms with Gasteiger partial charge in [-0.2, -0.15) is 9.90 Å². The molecular formula is C17H26N4O2S. The Morgan fingerprint density at radius 1 is 1.12 bits per heavy atom. The second-order valence-electron chi connectivity index (χ2n) is 5.84. The van der Waals surface area contributed by atoms with Crippen LogP contribution in [0.15, 0.2) is 35.4 Å². The van der Waals surface area contributed by atoms with E-state index in [2.05, 4.69) is 21.8 Å². The number of aromatic nitrogens is 3. The molecule has 132 valence electrons. The molecule has 1 heterocycles. The zero-order chi connectivity index (χ0) is 17.4. The Labute approximate surface area is 144 Å². The van der Waals surface area contributed by atoms with Crippen LogP contribution in [0.4, 0.5) is 5.82 Å². The fourth-order valence-corrected chi connectivity index (χ4v) is 3.54. The number of nitrogens with one attached hydrogen (secondary N) is 1. The van der Waals surface area contributed by atoms with Gasteiger partial charge in [-0.1, -0.05) is 44.7 Å². The van der Waals surface area contributed by atoms with Crippen molar-refractivity contribution in [3.05, 3.63) is 36.0 Å². The Bertz CT molecular complexity index is 741. The van der Waals surface area contributed by atoms with Crippen molar-refractivity contribution in [2.45, 2.75) is 63.8 Å². The molecule has 7 heteroatoms. The van der Waals surface area contributed by atoms with Crippen LogP contribution in [0.5, 0.6) is 0 Å². The fourth-order valence-electron chi connectivity index (χ4n) is 2.49. The molecule has 1 aromatic carbocycles. The van der Waals surface area contributed by atoms with Crippen molar-refractivity contribution < 1.29 is 8.42 Å². The van der Waals surface area contributed by atoms with Crippen LogP contribution in [0.1, 0.15) is 51.5 Å². The van der Waals surface area contributed by atoms with Gasteiger partial charge in [0.1, 0.15) is 0 Å². The van der Waals surface area contributed by atoms with Crippen molar-refractivity contribution in [3.63, 3.8) is 0 Å². The smallest absolute Gasteiger partial charge is 0.261 e. The summed E-state index contributed by atoms with van der Waals surface area (Å²) in [7, 11) is -3.64. The molecule has 2 aromatic rings. The van der Waals surface area contributed by atoms with Gasteiger partial charge in [-0.05, 0) is 37.5 Å². The van der Waals surface area contributed by atoms with E-state index in [4.69, 9.17) is 0 Å². The first-order chi connectivity index (χ1) is 11.5. The number of benzene rings is 1. The van der Waals surface area contributed by atoms with E-state index >= 15 is 0 Å². The van der Waals surface area contributed by atoms with Crippen LogP contribution >= 0.6 is 0 Å². The normalized spacial score (nSPS) is 11.6. The number of nitrogens with zero attached hydrogens (tertiary/aromatic N) is 3. The van der Waals surface area contributed by atoms with Gasteiger partial charge >= 0.3 is 0 Å². The molecule has 0 saturated carbocycles. The Hall–Kier alpha value is -1.89. The Morgan fingerprint density at radius 3 is 2.62 bits per heavy atom. The molecule has 0 fully saturated rings. The lowest BCUT2D eigenvalue weighted by atomic mass is 10.1. The van der Waals surface area contributed by atoms with Gasteiger partial charge in [0.2, 0.25) is 0 Å². The van der Waals surface area contributed by atoms with E-state index < -0.39 is 10.0 Å². The summed E-state index contributed by atoms with van der Waals surface area (Å²) in [4.78, 5) is 1.70. The summed E-state index contributed by atoms with van der Waals surface area (Å²) in [5, 5.41) is 8.03. The van der Waals surface area contributed by atoms with E-state index in [-0.39, 0.29) is 10.7 Å². The van der Waals surface area contributed by atoms with E-state index in [0.717, 1.165) is 18.4 Å². The van der Waals surface area contributed by atoms with Crippen molar-refractivity contribution in [3.8, 4) is 0 Å². The second kappa shape index (κ2) is 8.82. The van der Waals surface area contributed by atoms with Crippen LogP contribution in [0.3, 0.4) is 0 Å². The summed E-state index contributed by atoms with van der Waals surface area (Å²) in [5.74, 6) is 0.238. The van der Waals surface area contributed by atoms with Crippen molar-refractivity contribution in [1.82, 2.24) is 15.0 Å². The van der Waals surface area contributed by atoms with Crippen molar-refractivity contribution in [1.29, 1.82) is 0 Å². The first-order valence-electron chi connectivity index (χ1n) is 8.57. The third-order valence-electron chi connectivity index (χ3n) is 3.84. The third kappa shape index (κ3) is 5.33. The zero-order valence-electron chi connectivity index (χ0n) is 14.4. The van der Waals surface area contributed by atoms with Gasteiger partial charge in [0.05, 0.1) is 17.6 Å². The van der Waals surface area contributed by atoms with Crippen LogP contribution in [0.25, 0.3) is 0 Å². The van der Waals surface area contributed by atoms with Crippen LogP contribution < -0.4 is 4.72 Å². The SMILES string of the molecule is CCCCCCCc1cccc(S(=O)(=O)Nc2cnn(CC)n2)c1. The average molecular weight is 350 g/mol. The van der Waals surface area contributed by atoms with Gasteiger partial charge < -0.3 is 0 Å². The molecule has 0 aliphatic rings. The lowest BCUT2D eigenvalue weighted by Gasteiger charge is -2.07. The zero-order valence-corrected chi connectivity index (χ0v) is 15.2. The van der Waals surface area contributed by atoms with Crippen molar-refractivity contribution >= 4 is 15.8 Å². The highest BCUT2D eigenvalue weighted by molar-refractivity contribution is 7.92. The topological polar surface area (TPSA) is 76.9 Å². The summed E-state index contributed by atoms with van der Waals surface area (Å²) < 4.78 is 27.4. The number of rotatable bonds is 10. The van der Waals surface area contributed by atoms with E-state index in [9.17, 15) is 8.42 Å². The summed E-state index contributed by atoms with van der Waals surface area (Å²) >= 11 is 0. The number of anilines is 1. The molecule has 0 amide bonds. The quantitative estimate of drug-likeness (QED) is 0.664. The molecule has 0 aliphatic heterocycles. The van der Waals surface area contributed by atoms with Crippen molar-refractivity contribution in [2.75, 3.05) is 4.72 Å². The maximum Gasteiger partial charge on any atom is 0.263 e. The predicted molar refractivity (Wildman–Crippen MR) is 95.4 cm³/mol. The Morgan fingerprint density at radius 2 is 1.92 bits per heavy atom. The van der Waals surface area contributed by atoms with Crippen LogP contribution in [-0.2, 0) is 23.0 Å². The van der Waals surface area contributed by atoms with Crippen LogP contribution in [0, 0.1) is 0 Å². The molecule has 0 unspecified atom stereocenters. The number of hydrogen-bond acceptors (Lipinski definition) is 4. The lowest BCUT2D eigenvalue weighted by molar-refractivity contribution is 0.570. The summed E-state index contributed by atoms with van der Waals surface area (Å²) in [6, 6.07) is 7.12. The minimum Gasteiger partial charge on any atom is -0.261 e. The minimum absolute atomic E-state index is 0.238. The van der Waals surface area contributed by atoms with Gasteiger partial charge in [-0.3, -0.25) is 4.72 Å². The largest absolute Gasteiger partial charge is 0.263 e. The molecule has 0 saturated heterocycles. The molecule has 24 heavy (non-hydrogen) atoms. The van der Waals surface area contributed by atoms with E-state index in [1.165, 1.54) is 36.7 Å². The predicted octanol–water partition coefficient (Wildman–Crippen LogP) is 3.61. The monoisotopic (exact) mass is 350 g/mol. The summed E-state index contributed by atoms with van der Waals surface area (Å²) in [6.07, 6.45) is 8.31. The van der Waals surface area contributed by atoms with Gasteiger partial charge in [0.25, 0.3) is 10.0 Å². The first kappa shape index (κ1) is 18.4. The fraction of sp³-hybridized carbons (Fsp3) is 0.529. The van der Waals surface area contributed by atoms with Crippen molar-refractivity contribution in [2.24, 2.45) is 0 Å². The standard InChI is InChI=1S/C17H26N4O2S/c1-3-5-6-7-8-10-15-11-9-12-16(13-15)24(22,23)20-17-14-18-21(4-2)19-17/h9,11-14H,3-8,10H2,1-2H3,(H,19,20). The highest BCUT2D eigenvalue weighted by Crippen LogP contribution is 2.17. The minimum atomic E-state index is -3.64. The van der Waals surface area contributed by atoms with Gasteiger partial charge in [-0.25, -0.2) is 8.42 Å². The van der Waals surface area contributed by atoms with Gasteiger partial charge in [0, 0.05) is 0 Å². The van der Waals surface area contributed by atoms with E-state index in [1.54, 1.807) is 18.2 Å². The van der Waals surface area contributed by atoms with Crippen LogP contribution in [0.2, 0.25) is 0 Å². The molecule has 0 spiro atoms. The Balaban J connectivity index is 2.00. The maximum absolute atomic E-state index is 12.5. The molecular weight excluding hydrogens is 324 g/mol. The summed E-state index contributed by atoms with van der Waals surface area (Å²) in [5.41, 5.74) is 1.05. The third-order valence-corrected chi connectivity index (χ3v) is 5.19. The van der Waals surface area contributed by atoms with Gasteiger partial charge in [0.15, 0.2) is 5.82 Å². The molecule has 0 radical (unpaired) electrons. The number of unbranched alkanes of at least 4 members (excludes halogenated alkanes) is 4. The number of aryl methyl sites for hydroxylation is 2. The average Bonchev–Trinajstić information content (AvgIpc) is 3.02. The molecule has 6 nitrogen and oxygen atoms in total. The molecule has 0 atom stereocenters. The van der Waals surface area contributed by atoms with Crippen LogP contribution in [-0.4, -0.2) is 23.4 Å². The molecule has 1 aromatic heterocycles. The summed E-state index contributed by atoms with van der Waals surface area (Å²) in [6.45, 7) is 4.68. The Kier molecular flexibility index (Phi) is 6.78.